The van der Waals surface area contributed by atoms with Crippen LogP contribution in [-0.4, -0.2) is 23.9 Å². The van der Waals surface area contributed by atoms with Crippen LogP contribution < -0.4 is 15.4 Å². The number of anilines is 2. The molecule has 0 spiro atoms. The van der Waals surface area contributed by atoms with E-state index in [2.05, 4.69) is 15.6 Å². The minimum Gasteiger partial charge on any atom is -0.497 e. The van der Waals surface area contributed by atoms with Gasteiger partial charge in [0.05, 0.1) is 23.7 Å². The summed E-state index contributed by atoms with van der Waals surface area (Å²) in [5.41, 5.74) is 2.43. The Morgan fingerprint density at radius 3 is 2.56 bits per heavy atom. The van der Waals surface area contributed by atoms with Gasteiger partial charge in [-0.05, 0) is 48.4 Å². The summed E-state index contributed by atoms with van der Waals surface area (Å²) in [5.74, 6) is 0.613. The maximum absolute atomic E-state index is 12.3. The third-order valence-corrected chi connectivity index (χ3v) is 4.85. The normalized spacial score (nSPS) is 10.6. The monoisotopic (exact) mass is 383 g/mol. The van der Waals surface area contributed by atoms with E-state index in [9.17, 15) is 9.59 Å². The highest BCUT2D eigenvalue weighted by atomic mass is 32.1. The number of hydrogen-bond acceptors (Lipinski definition) is 5. The Hall–Kier alpha value is -2.93. The molecule has 7 heteroatoms. The van der Waals surface area contributed by atoms with E-state index in [4.69, 9.17) is 4.74 Å². The van der Waals surface area contributed by atoms with E-state index in [0.29, 0.717) is 11.6 Å². The molecule has 1 heterocycles. The summed E-state index contributed by atoms with van der Waals surface area (Å²) in [5, 5.41) is 6.27. The van der Waals surface area contributed by atoms with E-state index in [-0.39, 0.29) is 18.2 Å². The number of carbonyl (C=O) groups excluding carboxylic acids is 2. The van der Waals surface area contributed by atoms with Crippen molar-refractivity contribution in [3.63, 3.8) is 0 Å². The molecule has 6 nitrogen and oxygen atoms in total. The molecular weight excluding hydrogens is 362 g/mol. The molecule has 3 aromatic rings. The number of ether oxygens (including phenoxy) is 1. The zero-order valence-electron chi connectivity index (χ0n) is 15.2. The second-order valence-corrected chi connectivity index (χ2v) is 7.10. The molecule has 0 atom stereocenters. The van der Waals surface area contributed by atoms with Crippen LogP contribution in [0.3, 0.4) is 0 Å². The topological polar surface area (TPSA) is 80.3 Å². The standard InChI is InChI=1S/C20H21N3O3S/c1-3-4-18(24)23-20-22-16-10-5-13(11-17(16)27-20)12-19(25)21-14-6-8-15(26-2)9-7-14/h5-11H,3-4,12H2,1-2H3,(H,21,25)(H,22,23,24). The Morgan fingerprint density at radius 2 is 1.85 bits per heavy atom. The Balaban J connectivity index is 1.65. The van der Waals surface area contributed by atoms with Crippen molar-refractivity contribution in [2.45, 2.75) is 26.2 Å². The van der Waals surface area contributed by atoms with Gasteiger partial charge in [-0.1, -0.05) is 24.3 Å². The van der Waals surface area contributed by atoms with E-state index in [1.54, 1.807) is 31.4 Å². The molecule has 0 bridgehead atoms. The van der Waals surface area contributed by atoms with Crippen molar-refractivity contribution < 1.29 is 14.3 Å². The largest absolute Gasteiger partial charge is 0.497 e. The maximum Gasteiger partial charge on any atom is 0.228 e. The summed E-state index contributed by atoms with van der Waals surface area (Å²) in [6.45, 7) is 1.96. The molecule has 0 saturated heterocycles. The van der Waals surface area contributed by atoms with Crippen LogP contribution in [0.25, 0.3) is 10.2 Å². The highest BCUT2D eigenvalue weighted by Gasteiger charge is 2.10. The third-order valence-electron chi connectivity index (χ3n) is 3.91. The van der Waals surface area contributed by atoms with E-state index in [0.717, 1.165) is 33.6 Å². The summed E-state index contributed by atoms with van der Waals surface area (Å²) in [7, 11) is 1.60. The molecule has 2 N–H and O–H groups in total. The predicted octanol–water partition coefficient (Wildman–Crippen LogP) is 4.22. The molecule has 2 amide bonds. The van der Waals surface area contributed by atoms with E-state index in [1.165, 1.54) is 11.3 Å². The van der Waals surface area contributed by atoms with Gasteiger partial charge in [-0.3, -0.25) is 9.59 Å². The lowest BCUT2D eigenvalue weighted by atomic mass is 10.1. The van der Waals surface area contributed by atoms with Crippen LogP contribution in [0.2, 0.25) is 0 Å². The number of thiazole rings is 1. The average molecular weight is 383 g/mol. The van der Waals surface area contributed by atoms with Gasteiger partial charge in [-0.2, -0.15) is 0 Å². The lowest BCUT2D eigenvalue weighted by Gasteiger charge is -2.06. The number of methoxy groups -OCH3 is 1. The van der Waals surface area contributed by atoms with Gasteiger partial charge in [0.25, 0.3) is 0 Å². The fraction of sp³-hybridized carbons (Fsp3) is 0.250. The van der Waals surface area contributed by atoms with Gasteiger partial charge in [0, 0.05) is 12.1 Å². The van der Waals surface area contributed by atoms with Crippen molar-refractivity contribution >= 4 is 44.2 Å². The van der Waals surface area contributed by atoms with Crippen LogP contribution in [0, 0.1) is 0 Å². The van der Waals surface area contributed by atoms with E-state index in [1.807, 2.05) is 25.1 Å². The third kappa shape index (κ3) is 5.04. The number of nitrogens with one attached hydrogen (secondary N) is 2. The van der Waals surface area contributed by atoms with Crippen LogP contribution in [0.5, 0.6) is 5.75 Å². The van der Waals surface area contributed by atoms with Crippen molar-refractivity contribution in [2.24, 2.45) is 0 Å². The Bertz CT molecular complexity index is 951. The summed E-state index contributed by atoms with van der Waals surface area (Å²) < 4.78 is 6.05. The SMILES string of the molecule is CCCC(=O)Nc1nc2ccc(CC(=O)Nc3ccc(OC)cc3)cc2s1. The molecule has 0 unspecified atom stereocenters. The Kier molecular flexibility index (Phi) is 6.03. The second-order valence-electron chi connectivity index (χ2n) is 6.07. The Morgan fingerprint density at radius 1 is 1.07 bits per heavy atom. The first-order valence-corrected chi connectivity index (χ1v) is 9.52. The minimum absolute atomic E-state index is 0.0318. The number of aromatic nitrogens is 1. The van der Waals surface area contributed by atoms with Crippen molar-refractivity contribution in [3.05, 3.63) is 48.0 Å². The molecule has 0 aliphatic heterocycles. The lowest BCUT2D eigenvalue weighted by molar-refractivity contribution is -0.116. The summed E-state index contributed by atoms with van der Waals surface area (Å²) >= 11 is 1.41. The fourth-order valence-corrected chi connectivity index (χ4v) is 3.55. The molecule has 0 fully saturated rings. The van der Waals surface area contributed by atoms with E-state index < -0.39 is 0 Å². The first kappa shape index (κ1) is 18.8. The molecule has 0 aliphatic rings. The molecule has 27 heavy (non-hydrogen) atoms. The van der Waals surface area contributed by atoms with Gasteiger partial charge in [0.1, 0.15) is 5.75 Å². The number of carbonyl (C=O) groups is 2. The molecule has 3 rings (SSSR count). The zero-order valence-corrected chi connectivity index (χ0v) is 16.1. The first-order chi connectivity index (χ1) is 13.1. The minimum atomic E-state index is -0.0968. The first-order valence-electron chi connectivity index (χ1n) is 8.70. The predicted molar refractivity (Wildman–Crippen MR) is 108 cm³/mol. The molecule has 2 aromatic carbocycles. The molecule has 0 aliphatic carbocycles. The number of fused-ring (bicyclic) bond motifs is 1. The second kappa shape index (κ2) is 8.64. The van der Waals surface area contributed by atoms with Crippen LogP contribution in [0.15, 0.2) is 42.5 Å². The molecule has 140 valence electrons. The number of amides is 2. The molecule has 0 radical (unpaired) electrons. The van der Waals surface area contributed by atoms with E-state index >= 15 is 0 Å². The summed E-state index contributed by atoms with van der Waals surface area (Å²) in [6.07, 6.45) is 1.54. The summed E-state index contributed by atoms with van der Waals surface area (Å²) in [6, 6.07) is 12.9. The van der Waals surface area contributed by atoms with Gasteiger partial charge in [-0.15, -0.1) is 0 Å². The fourth-order valence-electron chi connectivity index (χ4n) is 2.61. The lowest BCUT2D eigenvalue weighted by Crippen LogP contribution is -2.14. The highest BCUT2D eigenvalue weighted by molar-refractivity contribution is 7.22. The number of nitrogens with zero attached hydrogens (tertiary/aromatic N) is 1. The summed E-state index contributed by atoms with van der Waals surface area (Å²) in [4.78, 5) is 28.4. The van der Waals surface area contributed by atoms with Gasteiger partial charge in [-0.25, -0.2) is 4.98 Å². The average Bonchev–Trinajstić information content (AvgIpc) is 3.03. The van der Waals surface area contributed by atoms with Crippen molar-refractivity contribution in [2.75, 3.05) is 17.7 Å². The van der Waals surface area contributed by atoms with Crippen LogP contribution in [-0.2, 0) is 16.0 Å². The van der Waals surface area contributed by atoms with Gasteiger partial charge >= 0.3 is 0 Å². The maximum atomic E-state index is 12.3. The van der Waals surface area contributed by atoms with Crippen molar-refractivity contribution in [1.82, 2.24) is 4.98 Å². The van der Waals surface area contributed by atoms with Gasteiger partial charge < -0.3 is 15.4 Å². The molecule has 1 aromatic heterocycles. The molecular formula is C20H21N3O3S. The highest BCUT2D eigenvalue weighted by Crippen LogP contribution is 2.27. The van der Waals surface area contributed by atoms with Crippen molar-refractivity contribution in [3.8, 4) is 5.75 Å². The zero-order chi connectivity index (χ0) is 19.2. The van der Waals surface area contributed by atoms with Crippen LogP contribution >= 0.6 is 11.3 Å². The number of hydrogen-bond donors (Lipinski definition) is 2. The van der Waals surface area contributed by atoms with Gasteiger partial charge in [0.15, 0.2) is 5.13 Å². The van der Waals surface area contributed by atoms with Crippen molar-refractivity contribution in [1.29, 1.82) is 0 Å². The van der Waals surface area contributed by atoms with Gasteiger partial charge in [0.2, 0.25) is 11.8 Å². The smallest absolute Gasteiger partial charge is 0.228 e. The number of rotatable bonds is 7. The Labute approximate surface area is 161 Å². The molecule has 0 saturated carbocycles. The van der Waals surface area contributed by atoms with Crippen LogP contribution in [0.4, 0.5) is 10.8 Å². The van der Waals surface area contributed by atoms with Crippen LogP contribution in [0.1, 0.15) is 25.3 Å². The quantitative estimate of drug-likeness (QED) is 0.640. The number of benzene rings is 2.